The Morgan fingerprint density at radius 2 is 1.61 bits per heavy atom. The van der Waals surface area contributed by atoms with Gasteiger partial charge in [0.1, 0.15) is 11.5 Å². The van der Waals surface area contributed by atoms with Crippen LogP contribution < -0.4 is 18.9 Å². The number of amides is 1. The molecule has 3 aromatic carbocycles. The average molecular weight is 561 g/mol. The lowest BCUT2D eigenvalue weighted by Crippen LogP contribution is -2.33. The molecule has 0 radical (unpaired) electrons. The van der Waals surface area contributed by atoms with Crippen molar-refractivity contribution in [1.82, 2.24) is 9.88 Å². The highest BCUT2D eigenvalue weighted by molar-refractivity contribution is 5.99. The molecule has 1 amide bonds. The summed E-state index contributed by atoms with van der Waals surface area (Å²) in [4.78, 5) is 19.6. The monoisotopic (exact) mass is 560 g/mol. The summed E-state index contributed by atoms with van der Waals surface area (Å²) in [5.41, 5.74) is 5.77. The third kappa shape index (κ3) is 5.92. The van der Waals surface area contributed by atoms with E-state index in [1.54, 1.807) is 33.3 Å². The van der Waals surface area contributed by atoms with Gasteiger partial charge in [-0.3, -0.25) is 4.79 Å². The lowest BCUT2D eigenvalue weighted by molar-refractivity contribution is 0.0740. The fraction of sp³-hybridized carbons (Fsp3) is 0.364. The summed E-state index contributed by atoms with van der Waals surface area (Å²) < 4.78 is 22.1. The molecule has 0 saturated heterocycles. The molecule has 41 heavy (non-hydrogen) atoms. The van der Waals surface area contributed by atoms with Crippen LogP contribution in [0.3, 0.4) is 0 Å². The number of hydrogen-bond acceptors (Lipinski definition) is 6. The summed E-state index contributed by atoms with van der Waals surface area (Å²) in [6.45, 7) is 8.57. The highest BCUT2D eigenvalue weighted by Crippen LogP contribution is 2.39. The Morgan fingerprint density at radius 3 is 2.20 bits per heavy atom. The normalized spacial score (nSPS) is 11.1. The van der Waals surface area contributed by atoms with E-state index in [9.17, 15) is 9.90 Å². The molecule has 218 valence electrons. The van der Waals surface area contributed by atoms with E-state index in [1.165, 1.54) is 0 Å². The number of aryl methyl sites for hydroxylation is 2. The molecule has 1 aromatic heterocycles. The molecule has 2 N–H and O–H groups in total. The van der Waals surface area contributed by atoms with Gasteiger partial charge in [0.05, 0.1) is 34.0 Å². The maximum atomic E-state index is 14.3. The van der Waals surface area contributed by atoms with Crippen LogP contribution in [0.5, 0.6) is 28.7 Å². The van der Waals surface area contributed by atoms with Crippen LogP contribution in [0.1, 0.15) is 58.1 Å². The molecule has 0 bridgehead atoms. The first-order chi connectivity index (χ1) is 19.6. The minimum atomic E-state index is -0.237. The topological polar surface area (TPSA) is 93.3 Å². The van der Waals surface area contributed by atoms with Gasteiger partial charge in [-0.2, -0.15) is 0 Å². The molecule has 0 spiro atoms. The highest BCUT2D eigenvalue weighted by Gasteiger charge is 2.26. The third-order valence-electron chi connectivity index (χ3n) is 7.59. The Kier molecular flexibility index (Phi) is 9.01. The van der Waals surface area contributed by atoms with Gasteiger partial charge in [-0.15, -0.1) is 0 Å². The van der Waals surface area contributed by atoms with Gasteiger partial charge in [0.15, 0.2) is 11.5 Å². The molecule has 0 aliphatic rings. The number of aromatic hydroxyl groups is 1. The SMILES string of the molecule is COc1ccc2[nH]c(C)c(CCN(Cc3cc(OC)c(OC)c(OC)c3)C(=O)c3c(C(C)C)ccc(C)c3O)c2c1. The third-order valence-corrected chi connectivity index (χ3v) is 7.59. The van der Waals surface area contributed by atoms with Crippen molar-refractivity contribution in [2.75, 3.05) is 35.0 Å². The van der Waals surface area contributed by atoms with E-state index in [0.717, 1.165) is 39.0 Å². The van der Waals surface area contributed by atoms with Crippen LogP contribution in [-0.4, -0.2) is 55.9 Å². The number of benzene rings is 3. The van der Waals surface area contributed by atoms with Crippen LogP contribution in [0.4, 0.5) is 0 Å². The van der Waals surface area contributed by atoms with Crippen molar-refractivity contribution in [3.63, 3.8) is 0 Å². The number of aromatic amines is 1. The van der Waals surface area contributed by atoms with Gasteiger partial charge in [0.2, 0.25) is 5.75 Å². The van der Waals surface area contributed by atoms with Gasteiger partial charge in [0, 0.05) is 29.7 Å². The van der Waals surface area contributed by atoms with Gasteiger partial charge >= 0.3 is 0 Å². The molecule has 8 nitrogen and oxygen atoms in total. The Hall–Kier alpha value is -4.33. The van der Waals surface area contributed by atoms with Crippen molar-refractivity contribution in [3.05, 3.63) is 76.0 Å². The number of nitrogens with zero attached hydrogens (tertiary/aromatic N) is 1. The van der Waals surface area contributed by atoms with Crippen LogP contribution >= 0.6 is 0 Å². The number of carbonyl (C=O) groups is 1. The van der Waals surface area contributed by atoms with Crippen molar-refractivity contribution >= 4 is 16.8 Å². The molecular formula is C33H40N2O6. The summed E-state index contributed by atoms with van der Waals surface area (Å²) in [5.74, 6) is 2.10. The van der Waals surface area contributed by atoms with E-state index in [-0.39, 0.29) is 24.1 Å². The zero-order valence-electron chi connectivity index (χ0n) is 25.2. The summed E-state index contributed by atoms with van der Waals surface area (Å²) in [5, 5.41) is 12.2. The van der Waals surface area contributed by atoms with E-state index in [0.29, 0.717) is 41.3 Å². The van der Waals surface area contributed by atoms with Crippen LogP contribution in [-0.2, 0) is 13.0 Å². The zero-order chi connectivity index (χ0) is 29.8. The first kappa shape index (κ1) is 29.6. The molecule has 8 heteroatoms. The average Bonchev–Trinajstić information content (AvgIpc) is 3.28. The molecule has 0 aliphatic carbocycles. The zero-order valence-corrected chi connectivity index (χ0v) is 25.2. The minimum absolute atomic E-state index is 0.0177. The number of hydrogen-bond donors (Lipinski definition) is 2. The summed E-state index contributed by atoms with van der Waals surface area (Å²) in [6.07, 6.45) is 0.596. The van der Waals surface area contributed by atoms with E-state index in [2.05, 4.69) is 4.98 Å². The first-order valence-electron chi connectivity index (χ1n) is 13.7. The smallest absolute Gasteiger partial charge is 0.258 e. The Labute approximate surface area is 241 Å². The second-order valence-electron chi connectivity index (χ2n) is 10.5. The predicted molar refractivity (Wildman–Crippen MR) is 161 cm³/mol. The molecule has 0 aliphatic heterocycles. The number of fused-ring (bicyclic) bond motifs is 1. The lowest BCUT2D eigenvalue weighted by atomic mass is 9.93. The quantitative estimate of drug-likeness (QED) is 0.217. The number of rotatable bonds is 11. The van der Waals surface area contributed by atoms with Crippen LogP contribution in [0.15, 0.2) is 42.5 Å². The van der Waals surface area contributed by atoms with E-state index >= 15 is 0 Å². The number of phenols is 1. The van der Waals surface area contributed by atoms with E-state index in [4.69, 9.17) is 18.9 Å². The Morgan fingerprint density at radius 1 is 0.927 bits per heavy atom. The molecule has 0 unspecified atom stereocenters. The number of ether oxygens (including phenoxy) is 4. The van der Waals surface area contributed by atoms with Crippen LogP contribution in [0, 0.1) is 13.8 Å². The van der Waals surface area contributed by atoms with Crippen LogP contribution in [0.25, 0.3) is 10.9 Å². The molecular weight excluding hydrogens is 520 g/mol. The van der Waals surface area contributed by atoms with Gasteiger partial charge in [0.25, 0.3) is 5.91 Å². The van der Waals surface area contributed by atoms with Gasteiger partial charge in [-0.1, -0.05) is 26.0 Å². The highest BCUT2D eigenvalue weighted by atomic mass is 16.5. The largest absolute Gasteiger partial charge is 0.507 e. The number of carbonyl (C=O) groups excluding carboxylic acids is 1. The summed E-state index contributed by atoms with van der Waals surface area (Å²) >= 11 is 0. The molecule has 1 heterocycles. The number of aromatic nitrogens is 1. The Balaban J connectivity index is 1.79. The van der Waals surface area contributed by atoms with Crippen molar-refractivity contribution in [2.24, 2.45) is 0 Å². The maximum Gasteiger partial charge on any atom is 0.258 e. The van der Waals surface area contributed by atoms with Gasteiger partial charge in [-0.05, 0) is 78.8 Å². The Bertz CT molecular complexity index is 1530. The van der Waals surface area contributed by atoms with Crippen molar-refractivity contribution in [1.29, 1.82) is 0 Å². The van der Waals surface area contributed by atoms with Crippen molar-refractivity contribution in [2.45, 2.75) is 46.6 Å². The lowest BCUT2D eigenvalue weighted by Gasteiger charge is -2.26. The first-order valence-corrected chi connectivity index (χ1v) is 13.7. The molecule has 0 saturated carbocycles. The number of H-pyrrole nitrogens is 1. The second kappa shape index (κ2) is 12.5. The fourth-order valence-electron chi connectivity index (χ4n) is 5.33. The number of nitrogens with one attached hydrogen (secondary N) is 1. The van der Waals surface area contributed by atoms with E-state index in [1.807, 2.05) is 70.2 Å². The fourth-order valence-corrected chi connectivity index (χ4v) is 5.33. The summed E-state index contributed by atoms with van der Waals surface area (Å²) in [6, 6.07) is 13.4. The standard InChI is InChI=1S/C33H40N2O6/c1-19(2)24-11-9-20(3)31(36)30(24)33(37)35(18-22-15-28(39-6)32(41-8)29(16-22)40-7)14-13-25-21(4)34-27-12-10-23(38-5)17-26(25)27/h9-12,15-17,19,34,36H,13-14,18H2,1-8H3. The second-order valence-corrected chi connectivity index (χ2v) is 10.5. The van der Waals surface area contributed by atoms with Gasteiger partial charge < -0.3 is 33.9 Å². The predicted octanol–water partition coefficient (Wildman–Crippen LogP) is 6.53. The van der Waals surface area contributed by atoms with E-state index < -0.39 is 0 Å². The van der Waals surface area contributed by atoms with Gasteiger partial charge in [-0.25, -0.2) is 0 Å². The molecule has 4 rings (SSSR count). The molecule has 0 fully saturated rings. The number of phenolic OH excluding ortho intramolecular Hbond substituents is 1. The van der Waals surface area contributed by atoms with Crippen molar-refractivity contribution in [3.8, 4) is 28.7 Å². The molecule has 0 atom stereocenters. The maximum absolute atomic E-state index is 14.3. The van der Waals surface area contributed by atoms with Crippen molar-refractivity contribution < 1.29 is 28.8 Å². The summed E-state index contributed by atoms with van der Waals surface area (Å²) in [7, 11) is 6.34. The molecule has 4 aromatic rings. The minimum Gasteiger partial charge on any atom is -0.507 e. The number of methoxy groups -OCH3 is 4. The van der Waals surface area contributed by atoms with Crippen LogP contribution in [0.2, 0.25) is 0 Å².